The Kier molecular flexibility index (Phi) is 4.56. The molecule has 23 heavy (non-hydrogen) atoms. The highest BCUT2D eigenvalue weighted by atomic mass is 32.1. The van der Waals surface area contributed by atoms with Crippen LogP contribution < -0.4 is 10.2 Å². The van der Waals surface area contributed by atoms with E-state index in [1.165, 1.54) is 5.00 Å². The molecule has 1 fully saturated rings. The summed E-state index contributed by atoms with van der Waals surface area (Å²) >= 11 is 1.74. The van der Waals surface area contributed by atoms with E-state index >= 15 is 0 Å². The second-order valence-corrected chi connectivity index (χ2v) is 6.76. The van der Waals surface area contributed by atoms with Gasteiger partial charge >= 0.3 is 6.03 Å². The Bertz CT molecular complexity index is 640. The zero-order chi connectivity index (χ0) is 16.4. The summed E-state index contributed by atoms with van der Waals surface area (Å²) in [7, 11) is 0. The van der Waals surface area contributed by atoms with E-state index in [-0.39, 0.29) is 12.1 Å². The largest absolute Gasteiger partial charge is 0.361 e. The molecular formula is C16H22N4O2S. The van der Waals surface area contributed by atoms with Gasteiger partial charge in [-0.25, -0.2) is 4.79 Å². The molecule has 2 aromatic rings. The predicted molar refractivity (Wildman–Crippen MR) is 91.0 cm³/mol. The average molecular weight is 334 g/mol. The molecule has 1 N–H and O–H groups in total. The van der Waals surface area contributed by atoms with Crippen LogP contribution in [0.5, 0.6) is 0 Å². The maximum atomic E-state index is 12.5. The van der Waals surface area contributed by atoms with Crippen molar-refractivity contribution in [2.75, 3.05) is 31.1 Å². The Morgan fingerprint density at radius 3 is 2.65 bits per heavy atom. The monoisotopic (exact) mass is 334 g/mol. The van der Waals surface area contributed by atoms with Crippen LogP contribution in [0.25, 0.3) is 0 Å². The van der Waals surface area contributed by atoms with Crippen molar-refractivity contribution in [1.29, 1.82) is 0 Å². The van der Waals surface area contributed by atoms with E-state index in [0.717, 1.165) is 43.2 Å². The summed E-state index contributed by atoms with van der Waals surface area (Å²) in [5.41, 5.74) is 1.80. The summed E-state index contributed by atoms with van der Waals surface area (Å²) in [6.45, 7) is 8.94. The second kappa shape index (κ2) is 6.62. The third-order valence-corrected chi connectivity index (χ3v) is 5.18. The van der Waals surface area contributed by atoms with Crippen molar-refractivity contribution < 1.29 is 9.32 Å². The van der Waals surface area contributed by atoms with Crippen LogP contribution in [0.4, 0.5) is 9.80 Å². The molecule has 124 valence electrons. The Labute approximate surface area is 140 Å². The number of amides is 2. The molecule has 7 heteroatoms. The van der Waals surface area contributed by atoms with E-state index < -0.39 is 0 Å². The van der Waals surface area contributed by atoms with Gasteiger partial charge in [0.1, 0.15) is 5.76 Å². The number of hydrogen-bond acceptors (Lipinski definition) is 5. The van der Waals surface area contributed by atoms with Crippen LogP contribution in [0.2, 0.25) is 0 Å². The molecule has 0 spiro atoms. The minimum absolute atomic E-state index is 0.0247. The summed E-state index contributed by atoms with van der Waals surface area (Å²) < 4.78 is 5.18. The van der Waals surface area contributed by atoms with Crippen molar-refractivity contribution in [2.45, 2.75) is 26.8 Å². The smallest absolute Gasteiger partial charge is 0.317 e. The standard InChI is InChI=1S/C16H22N4O2S/c1-11(15-12(2)18-22-13(15)3)17-16(21)20-8-6-19(7-9-20)14-5-4-10-23-14/h4-5,10-11H,6-9H2,1-3H3,(H,17,21). The van der Waals surface area contributed by atoms with Gasteiger partial charge in [0.25, 0.3) is 0 Å². The van der Waals surface area contributed by atoms with E-state index in [4.69, 9.17) is 4.52 Å². The number of aryl methyl sites for hydroxylation is 2. The van der Waals surface area contributed by atoms with Crippen molar-refractivity contribution in [1.82, 2.24) is 15.4 Å². The average Bonchev–Trinajstić information content (AvgIpc) is 3.17. The number of nitrogens with zero attached hydrogens (tertiary/aromatic N) is 3. The predicted octanol–water partition coefficient (Wildman–Crippen LogP) is 2.95. The number of carbonyl (C=O) groups is 1. The SMILES string of the molecule is Cc1noc(C)c1C(C)NC(=O)N1CCN(c2cccs2)CC1. The van der Waals surface area contributed by atoms with Gasteiger partial charge in [0.05, 0.1) is 16.7 Å². The maximum absolute atomic E-state index is 12.5. The molecule has 1 atom stereocenters. The van der Waals surface area contributed by atoms with Gasteiger partial charge in [0, 0.05) is 31.7 Å². The lowest BCUT2D eigenvalue weighted by atomic mass is 10.1. The molecule has 2 amide bonds. The molecule has 0 bridgehead atoms. The lowest BCUT2D eigenvalue weighted by Gasteiger charge is -2.35. The van der Waals surface area contributed by atoms with E-state index in [2.05, 4.69) is 32.9 Å². The summed E-state index contributed by atoms with van der Waals surface area (Å²) in [6.07, 6.45) is 0. The molecule has 0 saturated carbocycles. The molecule has 1 saturated heterocycles. The van der Waals surface area contributed by atoms with E-state index in [1.807, 2.05) is 25.7 Å². The number of hydrogen-bond donors (Lipinski definition) is 1. The quantitative estimate of drug-likeness (QED) is 0.937. The fourth-order valence-corrected chi connectivity index (χ4v) is 3.82. The maximum Gasteiger partial charge on any atom is 0.317 e. The molecule has 3 rings (SSSR count). The van der Waals surface area contributed by atoms with Gasteiger partial charge in [-0.15, -0.1) is 11.3 Å². The Morgan fingerprint density at radius 2 is 2.09 bits per heavy atom. The number of aromatic nitrogens is 1. The summed E-state index contributed by atoms with van der Waals surface area (Å²) in [5, 5.41) is 10.4. The number of nitrogens with one attached hydrogen (secondary N) is 1. The Hall–Kier alpha value is -2.02. The van der Waals surface area contributed by atoms with Crippen LogP contribution in [-0.2, 0) is 0 Å². The molecule has 2 aromatic heterocycles. The lowest BCUT2D eigenvalue weighted by Crippen LogP contribution is -2.52. The third kappa shape index (κ3) is 3.34. The van der Waals surface area contributed by atoms with Crippen LogP contribution in [0.15, 0.2) is 22.0 Å². The van der Waals surface area contributed by atoms with Gasteiger partial charge in [-0.3, -0.25) is 0 Å². The normalized spacial score (nSPS) is 16.5. The Morgan fingerprint density at radius 1 is 1.35 bits per heavy atom. The van der Waals surface area contributed by atoms with E-state index in [0.29, 0.717) is 0 Å². The number of anilines is 1. The lowest BCUT2D eigenvalue weighted by molar-refractivity contribution is 0.191. The fourth-order valence-electron chi connectivity index (χ4n) is 3.04. The third-order valence-electron chi connectivity index (χ3n) is 4.25. The molecule has 6 nitrogen and oxygen atoms in total. The van der Waals surface area contributed by atoms with Gasteiger partial charge in [-0.2, -0.15) is 0 Å². The van der Waals surface area contributed by atoms with Crippen molar-refractivity contribution in [3.63, 3.8) is 0 Å². The summed E-state index contributed by atoms with van der Waals surface area (Å²) in [5.74, 6) is 0.762. The van der Waals surface area contributed by atoms with E-state index in [9.17, 15) is 4.79 Å². The number of carbonyl (C=O) groups excluding carboxylic acids is 1. The van der Waals surface area contributed by atoms with Crippen LogP contribution in [0, 0.1) is 13.8 Å². The fraction of sp³-hybridized carbons (Fsp3) is 0.500. The molecule has 1 unspecified atom stereocenters. The highest BCUT2D eigenvalue weighted by Gasteiger charge is 2.24. The Balaban J connectivity index is 1.55. The van der Waals surface area contributed by atoms with Gasteiger partial charge in [-0.1, -0.05) is 5.16 Å². The number of piperazine rings is 1. The van der Waals surface area contributed by atoms with Crippen molar-refractivity contribution in [3.05, 3.63) is 34.5 Å². The second-order valence-electron chi connectivity index (χ2n) is 5.83. The molecule has 0 radical (unpaired) electrons. The van der Waals surface area contributed by atoms with Gasteiger partial charge in [0.15, 0.2) is 0 Å². The van der Waals surface area contributed by atoms with Crippen LogP contribution in [0.1, 0.15) is 30.0 Å². The zero-order valence-electron chi connectivity index (χ0n) is 13.7. The first kappa shape index (κ1) is 15.9. The first-order valence-corrected chi connectivity index (χ1v) is 8.71. The summed E-state index contributed by atoms with van der Waals surface area (Å²) in [6, 6.07) is 4.05. The minimum Gasteiger partial charge on any atom is -0.361 e. The van der Waals surface area contributed by atoms with Crippen LogP contribution in [0.3, 0.4) is 0 Å². The van der Waals surface area contributed by atoms with E-state index in [1.54, 1.807) is 11.3 Å². The zero-order valence-corrected chi connectivity index (χ0v) is 14.5. The molecule has 0 aliphatic carbocycles. The van der Waals surface area contributed by atoms with Gasteiger partial charge < -0.3 is 19.6 Å². The highest BCUT2D eigenvalue weighted by Crippen LogP contribution is 2.23. The van der Waals surface area contributed by atoms with Crippen molar-refractivity contribution in [2.24, 2.45) is 0 Å². The number of urea groups is 1. The van der Waals surface area contributed by atoms with Gasteiger partial charge in [-0.05, 0) is 38.3 Å². The molecular weight excluding hydrogens is 312 g/mol. The van der Waals surface area contributed by atoms with Gasteiger partial charge in [0.2, 0.25) is 0 Å². The van der Waals surface area contributed by atoms with Crippen molar-refractivity contribution in [3.8, 4) is 0 Å². The molecule has 0 aromatic carbocycles. The molecule has 1 aliphatic heterocycles. The van der Waals surface area contributed by atoms with Crippen LogP contribution in [-0.4, -0.2) is 42.3 Å². The van der Waals surface area contributed by atoms with Crippen LogP contribution >= 0.6 is 11.3 Å². The minimum atomic E-state index is -0.107. The molecule has 1 aliphatic rings. The van der Waals surface area contributed by atoms with Crippen molar-refractivity contribution >= 4 is 22.4 Å². The highest BCUT2D eigenvalue weighted by molar-refractivity contribution is 7.14. The first-order chi connectivity index (χ1) is 11.1. The number of rotatable bonds is 3. The summed E-state index contributed by atoms with van der Waals surface area (Å²) in [4.78, 5) is 16.7. The first-order valence-electron chi connectivity index (χ1n) is 7.83. The molecule has 3 heterocycles. The number of thiophene rings is 1. The topological polar surface area (TPSA) is 61.6 Å².